The topological polar surface area (TPSA) is 0 Å². The molecule has 0 nitrogen and oxygen atoms in total. The number of halogens is 1. The summed E-state index contributed by atoms with van der Waals surface area (Å²) < 4.78 is 4.02. The Kier molecular flexibility index (Phi) is 8.16. The van der Waals surface area contributed by atoms with Crippen molar-refractivity contribution in [3.05, 3.63) is 108 Å². The van der Waals surface area contributed by atoms with E-state index in [1.165, 1.54) is 30.0 Å². The Hall–Kier alpha value is -0.811. The third kappa shape index (κ3) is 6.30. The van der Waals surface area contributed by atoms with Gasteiger partial charge >= 0.3 is 141 Å². The van der Waals surface area contributed by atoms with Crippen molar-refractivity contribution in [2.24, 2.45) is 0 Å². The Balaban J connectivity index is 0.00000192. The summed E-state index contributed by atoms with van der Waals surface area (Å²) in [6, 6.07) is 33.1. The van der Waals surface area contributed by atoms with Crippen LogP contribution in [-0.4, -0.2) is 19.8 Å². The van der Waals surface area contributed by atoms with Gasteiger partial charge < -0.3 is 0 Å². The van der Waals surface area contributed by atoms with Gasteiger partial charge in [-0.15, -0.1) is 24.0 Å². The van der Waals surface area contributed by atoms with Gasteiger partial charge in [-0.05, 0) is 0 Å². The number of rotatable bonds is 6. The van der Waals surface area contributed by atoms with E-state index in [0.717, 1.165) is 0 Å². The maximum absolute atomic E-state index is 2.29. The van der Waals surface area contributed by atoms with Crippen molar-refractivity contribution in [2.75, 3.05) is 0 Å². The van der Waals surface area contributed by atoms with Crippen LogP contribution in [0.2, 0.25) is 0 Å². The minimum absolute atomic E-state index is 0. The van der Waals surface area contributed by atoms with Gasteiger partial charge in [-0.2, -0.15) is 0 Å². The van der Waals surface area contributed by atoms with Gasteiger partial charge in [-0.1, -0.05) is 0 Å². The van der Waals surface area contributed by atoms with E-state index in [4.69, 9.17) is 0 Å². The summed E-state index contributed by atoms with van der Waals surface area (Å²) in [4.78, 5) is 0. The van der Waals surface area contributed by atoms with Crippen LogP contribution >= 0.6 is 24.0 Å². The van der Waals surface area contributed by atoms with Crippen molar-refractivity contribution in [3.63, 3.8) is 0 Å². The molecule has 0 saturated carbocycles. The molecule has 0 aliphatic rings. The molecule has 3 aromatic rings. The Morgan fingerprint density at radius 2 is 0.696 bits per heavy atom. The summed E-state index contributed by atoms with van der Waals surface area (Å²) in [7, 11) is 0. The van der Waals surface area contributed by atoms with Crippen molar-refractivity contribution >= 4 is 43.7 Å². The number of benzene rings is 3. The van der Waals surface area contributed by atoms with Gasteiger partial charge in [-0.25, -0.2) is 0 Å². The van der Waals surface area contributed by atoms with Crippen molar-refractivity contribution in [3.8, 4) is 0 Å². The first kappa shape index (κ1) is 18.5. The number of hydrogen-bond acceptors (Lipinski definition) is 0. The monoisotopic (exact) mass is 522 g/mol. The van der Waals surface area contributed by atoms with Gasteiger partial charge in [0.25, 0.3) is 0 Å². The first-order valence-electron chi connectivity index (χ1n) is 8.02. The van der Waals surface area contributed by atoms with Crippen molar-refractivity contribution < 1.29 is 0 Å². The first-order chi connectivity index (χ1) is 10.9. The van der Waals surface area contributed by atoms with Gasteiger partial charge in [0.1, 0.15) is 0 Å². The van der Waals surface area contributed by atoms with E-state index in [1.807, 2.05) is 0 Å². The first-order valence-corrected chi connectivity index (χ1v) is 15.0. The molecular formula is C21H23ISn. The molecule has 0 aromatic heterocycles. The molecule has 2 heteroatoms. The quantitative estimate of drug-likeness (QED) is 0.310. The molecule has 0 amide bonds. The predicted molar refractivity (Wildman–Crippen MR) is 113 cm³/mol. The van der Waals surface area contributed by atoms with E-state index in [-0.39, 0.29) is 24.0 Å². The third-order valence-electron chi connectivity index (χ3n) is 4.10. The van der Waals surface area contributed by atoms with Crippen LogP contribution in [0.25, 0.3) is 0 Å². The summed E-state index contributed by atoms with van der Waals surface area (Å²) in [5, 5.41) is 0. The van der Waals surface area contributed by atoms with E-state index >= 15 is 0 Å². The second-order valence-corrected chi connectivity index (χ2v) is 14.4. The Labute approximate surface area is 163 Å². The van der Waals surface area contributed by atoms with Crippen LogP contribution in [0.1, 0.15) is 16.7 Å². The third-order valence-corrected chi connectivity index (χ3v) is 13.1. The zero-order valence-corrected chi connectivity index (χ0v) is 18.9. The standard InChI is InChI=1S/3C7H7.HI.Sn.H/c3*1-7-5-3-2-4-6-7;;;/h3*2-6H,1H2;1H;;. The maximum atomic E-state index is 2.29. The molecule has 0 bridgehead atoms. The zero-order valence-electron chi connectivity index (χ0n) is 13.3. The molecule has 23 heavy (non-hydrogen) atoms. The van der Waals surface area contributed by atoms with E-state index in [2.05, 4.69) is 91.0 Å². The molecule has 0 fully saturated rings. The van der Waals surface area contributed by atoms with Crippen LogP contribution in [0.15, 0.2) is 91.0 Å². The fraction of sp³-hybridized carbons (Fsp3) is 0.143. The SMILES string of the molecule is I.c1ccc([CH2][SnH]([CH2]c2ccccc2)[CH2]c2ccccc2)cc1. The van der Waals surface area contributed by atoms with E-state index < -0.39 is 19.8 Å². The molecule has 0 aliphatic heterocycles. The molecule has 118 valence electrons. The zero-order chi connectivity index (χ0) is 15.0. The van der Waals surface area contributed by atoms with Gasteiger partial charge in [0.15, 0.2) is 0 Å². The van der Waals surface area contributed by atoms with Gasteiger partial charge in [0.2, 0.25) is 0 Å². The van der Waals surface area contributed by atoms with E-state index in [1.54, 1.807) is 0 Å². The van der Waals surface area contributed by atoms with Gasteiger partial charge in [-0.3, -0.25) is 0 Å². The molecule has 0 N–H and O–H groups in total. The second-order valence-electron chi connectivity index (χ2n) is 5.94. The van der Waals surface area contributed by atoms with Crippen molar-refractivity contribution in [2.45, 2.75) is 13.3 Å². The molecule has 0 radical (unpaired) electrons. The molecule has 3 rings (SSSR count). The average Bonchev–Trinajstić information content (AvgIpc) is 2.57. The second kappa shape index (κ2) is 10.1. The van der Waals surface area contributed by atoms with E-state index in [9.17, 15) is 0 Å². The Morgan fingerprint density at radius 1 is 0.435 bits per heavy atom. The van der Waals surface area contributed by atoms with Crippen LogP contribution < -0.4 is 0 Å². The average molecular weight is 521 g/mol. The van der Waals surface area contributed by atoms with Gasteiger partial charge in [0, 0.05) is 0 Å². The molecule has 3 aromatic carbocycles. The van der Waals surface area contributed by atoms with E-state index in [0.29, 0.717) is 0 Å². The van der Waals surface area contributed by atoms with Crippen LogP contribution in [-0.2, 0) is 13.3 Å². The normalized spacial score (nSPS) is 10.3. The van der Waals surface area contributed by atoms with Crippen LogP contribution in [0, 0.1) is 0 Å². The molecule has 0 atom stereocenters. The minimum atomic E-state index is -1.70. The predicted octanol–water partition coefficient (Wildman–Crippen LogP) is 5.18. The Morgan fingerprint density at radius 3 is 0.957 bits per heavy atom. The molecule has 0 spiro atoms. The molecule has 0 unspecified atom stereocenters. The van der Waals surface area contributed by atoms with Gasteiger partial charge in [0.05, 0.1) is 0 Å². The molecule has 0 heterocycles. The molecular weight excluding hydrogens is 498 g/mol. The summed E-state index contributed by atoms with van der Waals surface area (Å²) >= 11 is -1.70. The van der Waals surface area contributed by atoms with Crippen LogP contribution in [0.4, 0.5) is 0 Å². The van der Waals surface area contributed by atoms with Crippen molar-refractivity contribution in [1.29, 1.82) is 0 Å². The van der Waals surface area contributed by atoms with Crippen LogP contribution in [0.3, 0.4) is 0 Å². The number of hydrogen-bond donors (Lipinski definition) is 0. The fourth-order valence-electron chi connectivity index (χ4n) is 3.06. The summed E-state index contributed by atoms with van der Waals surface area (Å²) in [5.74, 6) is 0. The Bertz CT molecular complexity index is 569. The van der Waals surface area contributed by atoms with Crippen molar-refractivity contribution in [1.82, 2.24) is 0 Å². The summed E-state index contributed by atoms with van der Waals surface area (Å²) in [6.07, 6.45) is 0. The van der Waals surface area contributed by atoms with Crippen LogP contribution in [0.5, 0.6) is 0 Å². The summed E-state index contributed by atoms with van der Waals surface area (Å²) in [5.41, 5.74) is 4.57. The molecule has 0 aliphatic carbocycles. The fourth-order valence-corrected chi connectivity index (χ4v) is 12.3. The molecule has 0 saturated heterocycles. The summed E-state index contributed by atoms with van der Waals surface area (Å²) in [6.45, 7) is 0.